The molecule has 0 bridgehead atoms. The minimum absolute atomic E-state index is 0.251. The molecule has 26 heavy (non-hydrogen) atoms. The fourth-order valence-electron chi connectivity index (χ4n) is 4.03. The highest BCUT2D eigenvalue weighted by Crippen LogP contribution is 2.37. The number of aryl methyl sites for hydroxylation is 1. The monoisotopic (exact) mass is 350 g/mol. The Morgan fingerprint density at radius 1 is 1.08 bits per heavy atom. The van der Waals surface area contributed by atoms with Gasteiger partial charge in [0.25, 0.3) is 0 Å². The maximum atomic E-state index is 12.0. The first-order chi connectivity index (χ1) is 12.6. The van der Waals surface area contributed by atoms with Crippen LogP contribution in [0.2, 0.25) is 0 Å². The van der Waals surface area contributed by atoms with Crippen LogP contribution < -0.4 is 10.5 Å². The summed E-state index contributed by atoms with van der Waals surface area (Å²) in [5, 5.41) is 11.8. The molecule has 0 spiro atoms. The number of phenolic OH excluding ortho intramolecular Hbond substituents is 1. The molecule has 1 aliphatic rings. The van der Waals surface area contributed by atoms with Crippen molar-refractivity contribution in [3.8, 4) is 16.9 Å². The number of benzene rings is 2. The molecule has 1 saturated heterocycles. The third-order valence-corrected chi connectivity index (χ3v) is 5.41. The summed E-state index contributed by atoms with van der Waals surface area (Å²) in [6.07, 6.45) is 3.79. The van der Waals surface area contributed by atoms with E-state index in [9.17, 15) is 9.90 Å². The van der Waals surface area contributed by atoms with Gasteiger partial charge < -0.3 is 14.4 Å². The molecule has 1 aromatic heterocycles. The Morgan fingerprint density at radius 2 is 1.81 bits per heavy atom. The number of phenols is 1. The Balaban J connectivity index is 1.89. The first kappa shape index (κ1) is 16.9. The molecule has 2 N–H and O–H groups in total. The van der Waals surface area contributed by atoms with Crippen molar-refractivity contribution in [2.45, 2.75) is 32.7 Å². The van der Waals surface area contributed by atoms with Crippen molar-refractivity contribution < 1.29 is 14.4 Å². The molecule has 1 aliphatic heterocycles. The Bertz CT molecular complexity index is 986. The number of hydrogen-bond acceptors (Lipinski definition) is 3. The Hall–Kier alpha value is -2.59. The van der Waals surface area contributed by atoms with E-state index in [0.29, 0.717) is 11.0 Å². The van der Waals surface area contributed by atoms with Crippen LogP contribution in [0.4, 0.5) is 0 Å². The molecule has 0 unspecified atom stereocenters. The van der Waals surface area contributed by atoms with E-state index in [4.69, 9.17) is 4.42 Å². The number of rotatable bonds is 3. The van der Waals surface area contributed by atoms with Gasteiger partial charge >= 0.3 is 5.63 Å². The van der Waals surface area contributed by atoms with Gasteiger partial charge in [-0.1, -0.05) is 30.3 Å². The van der Waals surface area contributed by atoms with Crippen molar-refractivity contribution in [1.29, 1.82) is 0 Å². The van der Waals surface area contributed by atoms with E-state index in [1.807, 2.05) is 43.3 Å². The van der Waals surface area contributed by atoms with Gasteiger partial charge in [0.05, 0.1) is 24.0 Å². The minimum atomic E-state index is -0.399. The van der Waals surface area contributed by atoms with E-state index in [1.165, 1.54) is 30.2 Å². The van der Waals surface area contributed by atoms with Crippen molar-refractivity contribution >= 4 is 11.0 Å². The zero-order valence-electron chi connectivity index (χ0n) is 15.0. The lowest BCUT2D eigenvalue weighted by atomic mass is 9.96. The standard InChI is InChI=1S/C22H23NO3/c1-15-12-19-21(22(25)18(15)14-23-10-6-3-7-11-23)17(13-20(24)26-19)16-8-4-2-5-9-16/h2,4-5,8-9,12-13,25H,3,6-7,10-11,14H2,1H3/p+1. The first-order valence-corrected chi connectivity index (χ1v) is 9.32. The molecule has 0 aliphatic carbocycles. The summed E-state index contributed by atoms with van der Waals surface area (Å²) in [7, 11) is 0. The lowest BCUT2D eigenvalue weighted by Gasteiger charge is -2.25. The van der Waals surface area contributed by atoms with Crippen molar-refractivity contribution in [3.63, 3.8) is 0 Å². The molecule has 4 nitrogen and oxygen atoms in total. The van der Waals surface area contributed by atoms with E-state index in [1.54, 1.807) is 0 Å². The molecule has 0 radical (unpaired) electrons. The fraction of sp³-hybridized carbons (Fsp3) is 0.318. The number of quaternary nitrogens is 1. The Morgan fingerprint density at radius 3 is 2.54 bits per heavy atom. The molecule has 134 valence electrons. The molecule has 0 amide bonds. The molecule has 4 rings (SSSR count). The van der Waals surface area contributed by atoms with Crippen LogP contribution >= 0.6 is 0 Å². The van der Waals surface area contributed by atoms with Crippen molar-refractivity contribution in [2.24, 2.45) is 0 Å². The molecule has 4 heteroatoms. The van der Waals surface area contributed by atoms with E-state index >= 15 is 0 Å². The van der Waals surface area contributed by atoms with E-state index in [2.05, 4.69) is 0 Å². The van der Waals surface area contributed by atoms with Crippen LogP contribution in [-0.2, 0) is 6.54 Å². The molecular weight excluding hydrogens is 326 g/mol. The SMILES string of the molecule is Cc1cc2oc(=O)cc(-c3ccccc3)c2c(O)c1C[NH+]1CCCCC1. The maximum absolute atomic E-state index is 12.0. The second kappa shape index (κ2) is 6.96. The smallest absolute Gasteiger partial charge is 0.336 e. The van der Waals surface area contributed by atoms with Crippen LogP contribution in [-0.4, -0.2) is 18.2 Å². The number of nitrogens with one attached hydrogen (secondary N) is 1. The highest BCUT2D eigenvalue weighted by molar-refractivity contribution is 5.98. The van der Waals surface area contributed by atoms with Crippen LogP contribution in [0.15, 0.2) is 51.7 Å². The van der Waals surface area contributed by atoms with Gasteiger partial charge in [0.1, 0.15) is 17.9 Å². The average Bonchev–Trinajstić information content (AvgIpc) is 2.66. The molecule has 3 aromatic rings. The van der Waals surface area contributed by atoms with Gasteiger partial charge in [-0.25, -0.2) is 4.79 Å². The summed E-state index contributed by atoms with van der Waals surface area (Å²) in [5.41, 5.74) is 3.61. The highest BCUT2D eigenvalue weighted by atomic mass is 16.4. The van der Waals surface area contributed by atoms with Gasteiger partial charge in [-0.15, -0.1) is 0 Å². The van der Waals surface area contributed by atoms with E-state index in [0.717, 1.165) is 41.9 Å². The van der Waals surface area contributed by atoms with Gasteiger partial charge in [-0.2, -0.15) is 0 Å². The summed E-state index contributed by atoms with van der Waals surface area (Å²) < 4.78 is 5.41. The Kier molecular flexibility index (Phi) is 4.51. The summed E-state index contributed by atoms with van der Waals surface area (Å²) in [4.78, 5) is 13.6. The molecule has 2 aromatic carbocycles. The second-order valence-electron chi connectivity index (χ2n) is 7.23. The molecule has 2 heterocycles. The van der Waals surface area contributed by atoms with Gasteiger partial charge in [0, 0.05) is 11.6 Å². The van der Waals surface area contributed by atoms with E-state index in [-0.39, 0.29) is 5.75 Å². The number of piperidine rings is 1. The highest BCUT2D eigenvalue weighted by Gasteiger charge is 2.22. The summed E-state index contributed by atoms with van der Waals surface area (Å²) >= 11 is 0. The second-order valence-corrected chi connectivity index (χ2v) is 7.23. The largest absolute Gasteiger partial charge is 0.507 e. The summed E-state index contributed by atoms with van der Waals surface area (Å²) in [6, 6.07) is 13.1. The summed E-state index contributed by atoms with van der Waals surface area (Å²) in [5.74, 6) is 0.251. The van der Waals surface area contributed by atoms with Gasteiger partial charge in [-0.05, 0) is 43.4 Å². The third kappa shape index (κ3) is 3.13. The van der Waals surface area contributed by atoms with Crippen LogP contribution in [0.25, 0.3) is 22.1 Å². The van der Waals surface area contributed by atoms with E-state index < -0.39 is 5.63 Å². The topological polar surface area (TPSA) is 54.9 Å². The normalized spacial score (nSPS) is 15.4. The molecule has 0 saturated carbocycles. The van der Waals surface area contributed by atoms with Gasteiger partial charge in [0.15, 0.2) is 0 Å². The average molecular weight is 350 g/mol. The quantitative estimate of drug-likeness (QED) is 0.714. The van der Waals surface area contributed by atoms with Crippen LogP contribution in [0.5, 0.6) is 5.75 Å². The molecule has 1 fully saturated rings. The minimum Gasteiger partial charge on any atom is -0.507 e. The fourth-order valence-corrected chi connectivity index (χ4v) is 4.03. The van der Waals surface area contributed by atoms with Crippen molar-refractivity contribution in [1.82, 2.24) is 0 Å². The zero-order valence-corrected chi connectivity index (χ0v) is 15.0. The number of aromatic hydroxyl groups is 1. The number of likely N-dealkylation sites (tertiary alicyclic amines) is 1. The van der Waals surface area contributed by atoms with Crippen LogP contribution in [0.1, 0.15) is 30.4 Å². The van der Waals surface area contributed by atoms with Crippen molar-refractivity contribution in [3.05, 3.63) is 64.0 Å². The number of hydrogen-bond donors (Lipinski definition) is 2. The molecular formula is C22H24NO3+. The third-order valence-electron chi connectivity index (χ3n) is 5.41. The number of fused-ring (bicyclic) bond motifs is 1. The lowest BCUT2D eigenvalue weighted by molar-refractivity contribution is -0.918. The van der Waals surface area contributed by atoms with Crippen molar-refractivity contribution in [2.75, 3.05) is 13.1 Å². The van der Waals surface area contributed by atoms with Crippen LogP contribution in [0, 0.1) is 6.92 Å². The van der Waals surface area contributed by atoms with Gasteiger partial charge in [0.2, 0.25) is 0 Å². The zero-order chi connectivity index (χ0) is 18.1. The lowest BCUT2D eigenvalue weighted by Crippen LogP contribution is -3.11. The molecule has 0 atom stereocenters. The Labute approximate surface area is 152 Å². The first-order valence-electron chi connectivity index (χ1n) is 9.32. The summed E-state index contributed by atoms with van der Waals surface area (Å²) in [6.45, 7) is 5.08. The van der Waals surface area contributed by atoms with Gasteiger partial charge in [-0.3, -0.25) is 0 Å². The predicted octanol–water partition coefficient (Wildman–Crippen LogP) is 3.04. The maximum Gasteiger partial charge on any atom is 0.336 e. The van der Waals surface area contributed by atoms with Crippen LogP contribution in [0.3, 0.4) is 0 Å². The predicted molar refractivity (Wildman–Crippen MR) is 103 cm³/mol.